The molecule has 0 spiro atoms. The second-order valence-corrected chi connectivity index (χ2v) is 6.45. The summed E-state index contributed by atoms with van der Waals surface area (Å²) < 4.78 is 15.8. The molecule has 2 rings (SSSR count). The number of methoxy groups -OCH3 is 1. The van der Waals surface area contributed by atoms with Crippen LogP contribution in [0.25, 0.3) is 0 Å². The van der Waals surface area contributed by atoms with Gasteiger partial charge in [-0.25, -0.2) is 4.79 Å². The maximum atomic E-state index is 12.7. The summed E-state index contributed by atoms with van der Waals surface area (Å²) in [6.07, 6.45) is 0.351. The predicted molar refractivity (Wildman–Crippen MR) is 96.3 cm³/mol. The summed E-state index contributed by atoms with van der Waals surface area (Å²) >= 11 is 0. The lowest BCUT2D eigenvalue weighted by Crippen LogP contribution is -2.54. The number of benzene rings is 1. The SMILES string of the molecule is CCC(C)[C@H](NC(=O)OCc1ccccc1)C(=O)N[C@H]1CCOC1OC. The molecule has 1 saturated heterocycles. The zero-order chi connectivity index (χ0) is 18.9. The van der Waals surface area contributed by atoms with Gasteiger partial charge in [0.25, 0.3) is 0 Å². The molecule has 0 aliphatic carbocycles. The number of alkyl carbamates (subject to hydrolysis) is 1. The molecule has 0 radical (unpaired) electrons. The first kappa shape index (κ1) is 20.2. The molecule has 1 aromatic rings. The summed E-state index contributed by atoms with van der Waals surface area (Å²) in [7, 11) is 1.54. The number of hydrogen-bond donors (Lipinski definition) is 2. The van der Waals surface area contributed by atoms with E-state index in [1.807, 2.05) is 44.2 Å². The minimum absolute atomic E-state index is 0.0393. The standard InChI is InChI=1S/C19H28N2O5/c1-4-13(2)16(17(22)20-15-10-11-25-18(15)24-3)21-19(23)26-12-14-8-6-5-7-9-14/h5-9,13,15-16,18H,4,10-12H2,1-3H3,(H,20,22)(H,21,23)/t13?,15-,16-,18?/m0/s1. The molecule has 1 aliphatic rings. The molecular formula is C19H28N2O5. The fourth-order valence-corrected chi connectivity index (χ4v) is 2.80. The van der Waals surface area contributed by atoms with Gasteiger partial charge >= 0.3 is 6.09 Å². The minimum atomic E-state index is -0.679. The van der Waals surface area contributed by atoms with Gasteiger partial charge in [-0.3, -0.25) is 4.79 Å². The van der Waals surface area contributed by atoms with Gasteiger partial charge in [-0.2, -0.15) is 0 Å². The number of rotatable bonds is 8. The monoisotopic (exact) mass is 364 g/mol. The topological polar surface area (TPSA) is 85.9 Å². The Morgan fingerprint density at radius 3 is 2.69 bits per heavy atom. The molecule has 2 unspecified atom stereocenters. The Bertz CT molecular complexity index is 581. The molecule has 7 heteroatoms. The van der Waals surface area contributed by atoms with Crippen molar-refractivity contribution in [1.82, 2.24) is 10.6 Å². The van der Waals surface area contributed by atoms with E-state index in [1.165, 1.54) is 0 Å². The van der Waals surface area contributed by atoms with Crippen molar-refractivity contribution in [3.8, 4) is 0 Å². The first-order valence-electron chi connectivity index (χ1n) is 8.97. The molecule has 0 saturated carbocycles. The molecule has 0 bridgehead atoms. The minimum Gasteiger partial charge on any atom is -0.445 e. The van der Waals surface area contributed by atoms with Crippen LogP contribution in [0, 0.1) is 5.92 Å². The van der Waals surface area contributed by atoms with Crippen molar-refractivity contribution in [2.24, 2.45) is 5.92 Å². The fourth-order valence-electron chi connectivity index (χ4n) is 2.80. The van der Waals surface area contributed by atoms with E-state index in [9.17, 15) is 9.59 Å². The lowest BCUT2D eigenvalue weighted by molar-refractivity contribution is -0.131. The summed E-state index contributed by atoms with van der Waals surface area (Å²) in [6, 6.07) is 8.49. The van der Waals surface area contributed by atoms with E-state index in [0.717, 1.165) is 12.0 Å². The maximum Gasteiger partial charge on any atom is 0.408 e. The molecule has 7 nitrogen and oxygen atoms in total. The van der Waals surface area contributed by atoms with Crippen molar-refractivity contribution in [1.29, 1.82) is 0 Å². The summed E-state index contributed by atoms with van der Waals surface area (Å²) in [4.78, 5) is 24.8. The summed E-state index contributed by atoms with van der Waals surface area (Å²) in [5.74, 6) is -0.295. The molecular weight excluding hydrogens is 336 g/mol. The van der Waals surface area contributed by atoms with Crippen LogP contribution in [0.1, 0.15) is 32.3 Å². The van der Waals surface area contributed by atoms with E-state index in [2.05, 4.69) is 10.6 Å². The van der Waals surface area contributed by atoms with Gasteiger partial charge in [0.15, 0.2) is 6.29 Å². The second-order valence-electron chi connectivity index (χ2n) is 6.45. The van der Waals surface area contributed by atoms with Gasteiger partial charge in [-0.05, 0) is 17.9 Å². The molecule has 144 valence electrons. The molecule has 2 N–H and O–H groups in total. The van der Waals surface area contributed by atoms with Gasteiger partial charge in [-0.1, -0.05) is 50.6 Å². The van der Waals surface area contributed by atoms with Crippen molar-refractivity contribution in [2.45, 2.75) is 51.7 Å². The molecule has 26 heavy (non-hydrogen) atoms. The predicted octanol–water partition coefficient (Wildman–Crippen LogP) is 2.21. The fraction of sp³-hybridized carbons (Fsp3) is 0.579. The van der Waals surface area contributed by atoms with Gasteiger partial charge in [0.2, 0.25) is 5.91 Å². The van der Waals surface area contributed by atoms with Crippen LogP contribution in [-0.2, 0) is 25.6 Å². The Hall–Kier alpha value is -2.12. The van der Waals surface area contributed by atoms with Crippen molar-refractivity contribution in [3.63, 3.8) is 0 Å². The number of carbonyl (C=O) groups excluding carboxylic acids is 2. The van der Waals surface area contributed by atoms with Gasteiger partial charge in [0.1, 0.15) is 12.6 Å². The van der Waals surface area contributed by atoms with Gasteiger partial charge < -0.3 is 24.8 Å². The van der Waals surface area contributed by atoms with E-state index < -0.39 is 18.4 Å². The molecule has 0 aromatic heterocycles. The van der Waals surface area contributed by atoms with Crippen LogP contribution in [0.4, 0.5) is 4.79 Å². The number of amides is 2. The normalized spacial score (nSPS) is 21.7. The van der Waals surface area contributed by atoms with Gasteiger partial charge in [0, 0.05) is 7.11 Å². The largest absolute Gasteiger partial charge is 0.445 e. The van der Waals surface area contributed by atoms with E-state index >= 15 is 0 Å². The Labute approximate surface area is 154 Å². The number of ether oxygens (including phenoxy) is 3. The number of hydrogen-bond acceptors (Lipinski definition) is 5. The van der Waals surface area contributed by atoms with E-state index in [4.69, 9.17) is 14.2 Å². The summed E-state index contributed by atoms with van der Waals surface area (Å²) in [5, 5.41) is 5.60. The van der Waals surface area contributed by atoms with Crippen molar-refractivity contribution < 1.29 is 23.8 Å². The zero-order valence-corrected chi connectivity index (χ0v) is 15.6. The third kappa shape index (κ3) is 5.71. The van der Waals surface area contributed by atoms with E-state index in [-0.39, 0.29) is 24.5 Å². The van der Waals surface area contributed by atoms with Crippen LogP contribution in [0.3, 0.4) is 0 Å². The number of nitrogens with one attached hydrogen (secondary N) is 2. The molecule has 4 atom stereocenters. The first-order valence-corrected chi connectivity index (χ1v) is 8.97. The van der Waals surface area contributed by atoms with Crippen LogP contribution in [-0.4, -0.2) is 44.1 Å². The second kappa shape index (κ2) is 10.1. The van der Waals surface area contributed by atoms with Crippen LogP contribution in [0.2, 0.25) is 0 Å². The summed E-state index contributed by atoms with van der Waals surface area (Å²) in [5.41, 5.74) is 0.887. The quantitative estimate of drug-likeness (QED) is 0.739. The highest BCUT2D eigenvalue weighted by molar-refractivity contribution is 5.86. The lowest BCUT2D eigenvalue weighted by Gasteiger charge is -2.26. The molecule has 1 aliphatic heterocycles. The lowest BCUT2D eigenvalue weighted by atomic mass is 9.98. The van der Waals surface area contributed by atoms with Crippen LogP contribution in [0.15, 0.2) is 30.3 Å². The molecule has 1 aromatic carbocycles. The zero-order valence-electron chi connectivity index (χ0n) is 15.6. The number of carbonyl (C=O) groups is 2. The smallest absolute Gasteiger partial charge is 0.408 e. The third-order valence-corrected chi connectivity index (χ3v) is 4.58. The molecule has 1 heterocycles. The Morgan fingerprint density at radius 1 is 1.31 bits per heavy atom. The van der Waals surface area contributed by atoms with Crippen molar-refractivity contribution >= 4 is 12.0 Å². The van der Waals surface area contributed by atoms with Crippen LogP contribution < -0.4 is 10.6 Å². The maximum absolute atomic E-state index is 12.7. The van der Waals surface area contributed by atoms with E-state index in [0.29, 0.717) is 13.0 Å². The highest BCUT2D eigenvalue weighted by Gasteiger charge is 2.33. The average Bonchev–Trinajstić information content (AvgIpc) is 3.11. The first-order chi connectivity index (χ1) is 12.5. The molecule has 1 fully saturated rings. The Balaban J connectivity index is 1.91. The van der Waals surface area contributed by atoms with Crippen LogP contribution >= 0.6 is 0 Å². The van der Waals surface area contributed by atoms with Crippen molar-refractivity contribution in [2.75, 3.05) is 13.7 Å². The van der Waals surface area contributed by atoms with Gasteiger partial charge in [0.05, 0.1) is 12.6 Å². The highest BCUT2D eigenvalue weighted by atomic mass is 16.7. The van der Waals surface area contributed by atoms with E-state index in [1.54, 1.807) is 7.11 Å². The highest BCUT2D eigenvalue weighted by Crippen LogP contribution is 2.16. The third-order valence-electron chi connectivity index (χ3n) is 4.58. The van der Waals surface area contributed by atoms with Gasteiger partial charge in [-0.15, -0.1) is 0 Å². The van der Waals surface area contributed by atoms with Crippen LogP contribution in [0.5, 0.6) is 0 Å². The Morgan fingerprint density at radius 2 is 2.04 bits per heavy atom. The molecule has 2 amide bonds. The van der Waals surface area contributed by atoms with Crippen molar-refractivity contribution in [3.05, 3.63) is 35.9 Å². The Kier molecular flexibility index (Phi) is 7.87. The summed E-state index contributed by atoms with van der Waals surface area (Å²) in [6.45, 7) is 4.58. The average molecular weight is 364 g/mol.